The topological polar surface area (TPSA) is 67.7 Å². The lowest BCUT2D eigenvalue weighted by molar-refractivity contribution is -0.0440. The van der Waals surface area contributed by atoms with E-state index in [2.05, 4.69) is 23.4 Å². The van der Waals surface area contributed by atoms with E-state index in [4.69, 9.17) is 9.84 Å². The minimum atomic E-state index is -3.58. The quantitative estimate of drug-likeness (QED) is 0.689. The van der Waals surface area contributed by atoms with Gasteiger partial charge in [0.25, 0.3) is 0 Å². The molecule has 1 aliphatic carbocycles. The van der Waals surface area contributed by atoms with Gasteiger partial charge in [0.15, 0.2) is 5.82 Å². The van der Waals surface area contributed by atoms with Crippen molar-refractivity contribution < 1.29 is 13.2 Å². The van der Waals surface area contributed by atoms with Gasteiger partial charge in [-0.2, -0.15) is 9.40 Å². The summed E-state index contributed by atoms with van der Waals surface area (Å²) in [6.07, 6.45) is 2.29. The fourth-order valence-corrected chi connectivity index (χ4v) is 5.84. The molecule has 7 nitrogen and oxygen atoms in total. The molecule has 1 aromatic heterocycles. The van der Waals surface area contributed by atoms with Gasteiger partial charge in [-0.05, 0) is 64.7 Å². The standard InChI is InChI=1S/C21H32N4O3S/c1-5-23(6-2)21-19-11-18(9-10-20(19)25(22-21)14-17-7-8-17)29(26,27)24-12-15(3)28-16(4)13-24/h9-11,15-17H,5-8,12-14H2,1-4H3/t15-,16+. The second-order valence-electron chi connectivity index (χ2n) is 8.38. The second kappa shape index (κ2) is 7.89. The van der Waals surface area contributed by atoms with Gasteiger partial charge in [-0.25, -0.2) is 8.42 Å². The molecule has 29 heavy (non-hydrogen) atoms. The van der Waals surface area contributed by atoms with E-state index in [9.17, 15) is 8.42 Å². The zero-order valence-electron chi connectivity index (χ0n) is 17.8. The van der Waals surface area contributed by atoms with Crippen molar-refractivity contribution in [1.82, 2.24) is 14.1 Å². The molecule has 160 valence electrons. The summed E-state index contributed by atoms with van der Waals surface area (Å²) in [4.78, 5) is 2.53. The van der Waals surface area contributed by atoms with Crippen LogP contribution in [0, 0.1) is 5.92 Å². The van der Waals surface area contributed by atoms with Crippen molar-refractivity contribution in [3.05, 3.63) is 18.2 Å². The highest BCUT2D eigenvalue weighted by atomic mass is 32.2. The molecule has 1 aromatic carbocycles. The van der Waals surface area contributed by atoms with Crippen molar-refractivity contribution in [2.45, 2.75) is 64.2 Å². The van der Waals surface area contributed by atoms with E-state index in [0.29, 0.717) is 23.9 Å². The van der Waals surface area contributed by atoms with Gasteiger partial charge in [-0.1, -0.05) is 0 Å². The van der Waals surface area contributed by atoms with Crippen molar-refractivity contribution in [3.8, 4) is 0 Å². The lowest BCUT2D eigenvalue weighted by atomic mass is 10.2. The summed E-state index contributed by atoms with van der Waals surface area (Å²) in [5, 5.41) is 5.81. The first kappa shape index (κ1) is 20.6. The Labute approximate surface area is 173 Å². The first-order valence-corrected chi connectivity index (χ1v) is 12.2. The molecule has 1 saturated heterocycles. The van der Waals surface area contributed by atoms with Crippen molar-refractivity contribution in [3.63, 3.8) is 0 Å². The summed E-state index contributed by atoms with van der Waals surface area (Å²) in [5.41, 5.74) is 1.02. The van der Waals surface area contributed by atoms with Gasteiger partial charge in [0.1, 0.15) is 0 Å². The maximum absolute atomic E-state index is 13.4. The van der Waals surface area contributed by atoms with Crippen LogP contribution in [0.5, 0.6) is 0 Å². The van der Waals surface area contributed by atoms with Crippen molar-refractivity contribution in [1.29, 1.82) is 0 Å². The van der Waals surface area contributed by atoms with Crippen LogP contribution in [0.15, 0.2) is 23.1 Å². The number of benzene rings is 1. The van der Waals surface area contributed by atoms with Gasteiger partial charge in [0.05, 0.1) is 22.6 Å². The first-order valence-electron chi connectivity index (χ1n) is 10.7. The van der Waals surface area contributed by atoms with Crippen LogP contribution in [0.4, 0.5) is 5.82 Å². The Morgan fingerprint density at radius 3 is 2.38 bits per heavy atom. The highest BCUT2D eigenvalue weighted by molar-refractivity contribution is 7.89. The summed E-state index contributed by atoms with van der Waals surface area (Å²) in [6.45, 7) is 11.4. The number of morpholine rings is 1. The lowest BCUT2D eigenvalue weighted by Crippen LogP contribution is -2.48. The number of aromatic nitrogens is 2. The maximum atomic E-state index is 13.4. The zero-order chi connectivity index (χ0) is 20.8. The monoisotopic (exact) mass is 420 g/mol. The minimum Gasteiger partial charge on any atom is -0.373 e. The maximum Gasteiger partial charge on any atom is 0.243 e. The third-order valence-electron chi connectivity index (χ3n) is 5.92. The van der Waals surface area contributed by atoms with Gasteiger partial charge >= 0.3 is 0 Å². The molecule has 2 heterocycles. The number of anilines is 1. The molecule has 2 fully saturated rings. The molecule has 0 unspecified atom stereocenters. The number of hydrogen-bond acceptors (Lipinski definition) is 5. The Morgan fingerprint density at radius 1 is 1.14 bits per heavy atom. The summed E-state index contributed by atoms with van der Waals surface area (Å²) < 4.78 is 36.1. The van der Waals surface area contributed by atoms with E-state index in [1.807, 2.05) is 26.0 Å². The Morgan fingerprint density at radius 2 is 1.79 bits per heavy atom. The van der Waals surface area contributed by atoms with Gasteiger partial charge in [-0.15, -0.1) is 0 Å². The highest BCUT2D eigenvalue weighted by Gasteiger charge is 2.33. The first-order chi connectivity index (χ1) is 13.8. The largest absolute Gasteiger partial charge is 0.373 e. The van der Waals surface area contributed by atoms with Gasteiger partial charge in [0.2, 0.25) is 10.0 Å². The van der Waals surface area contributed by atoms with Crippen LogP contribution in [0.2, 0.25) is 0 Å². The van der Waals surface area contributed by atoms with Crippen LogP contribution in [-0.4, -0.2) is 60.9 Å². The van der Waals surface area contributed by atoms with Crippen LogP contribution in [0.1, 0.15) is 40.5 Å². The van der Waals surface area contributed by atoms with Crippen LogP contribution in [0.3, 0.4) is 0 Å². The van der Waals surface area contributed by atoms with E-state index in [-0.39, 0.29) is 12.2 Å². The fraction of sp³-hybridized carbons (Fsp3) is 0.667. The van der Waals surface area contributed by atoms with Crippen molar-refractivity contribution in [2.24, 2.45) is 5.92 Å². The van der Waals surface area contributed by atoms with Gasteiger partial charge in [-0.3, -0.25) is 4.68 Å². The second-order valence-corrected chi connectivity index (χ2v) is 10.3. The third kappa shape index (κ3) is 4.02. The molecule has 2 aromatic rings. The smallest absolute Gasteiger partial charge is 0.243 e. The predicted molar refractivity (Wildman–Crippen MR) is 115 cm³/mol. The average Bonchev–Trinajstić information content (AvgIpc) is 3.43. The van der Waals surface area contributed by atoms with Crippen LogP contribution in [0.25, 0.3) is 10.9 Å². The van der Waals surface area contributed by atoms with E-state index in [0.717, 1.165) is 36.4 Å². The molecule has 4 rings (SSSR count). The zero-order valence-corrected chi connectivity index (χ0v) is 18.7. The van der Waals surface area contributed by atoms with Crippen molar-refractivity contribution >= 4 is 26.7 Å². The molecule has 8 heteroatoms. The molecule has 0 N–H and O–H groups in total. The Bertz CT molecular complexity index is 969. The van der Waals surface area contributed by atoms with Crippen LogP contribution < -0.4 is 4.90 Å². The van der Waals surface area contributed by atoms with Crippen molar-refractivity contribution in [2.75, 3.05) is 31.1 Å². The van der Waals surface area contributed by atoms with Gasteiger partial charge in [0, 0.05) is 38.1 Å². The molecule has 1 saturated carbocycles. The van der Waals surface area contributed by atoms with Crippen LogP contribution in [-0.2, 0) is 21.3 Å². The minimum absolute atomic E-state index is 0.107. The Balaban J connectivity index is 1.76. The SMILES string of the molecule is CCN(CC)c1nn(CC2CC2)c2ccc(S(=O)(=O)N3C[C@@H](C)O[C@@H](C)C3)cc12. The molecular formula is C21H32N4O3S. The number of nitrogens with zero attached hydrogens (tertiary/aromatic N) is 4. The van der Waals surface area contributed by atoms with Gasteiger partial charge < -0.3 is 9.64 Å². The summed E-state index contributed by atoms with van der Waals surface area (Å²) >= 11 is 0. The normalized spacial score (nSPS) is 23.6. The lowest BCUT2D eigenvalue weighted by Gasteiger charge is -2.34. The molecular weight excluding hydrogens is 388 g/mol. The Hall–Kier alpha value is -1.64. The van der Waals surface area contributed by atoms with E-state index < -0.39 is 10.0 Å². The summed E-state index contributed by atoms with van der Waals surface area (Å²) in [5.74, 6) is 1.58. The summed E-state index contributed by atoms with van der Waals surface area (Å²) in [7, 11) is -3.58. The third-order valence-corrected chi connectivity index (χ3v) is 7.74. The summed E-state index contributed by atoms with van der Waals surface area (Å²) in [6, 6.07) is 5.48. The molecule has 0 bridgehead atoms. The molecule has 0 spiro atoms. The van der Waals surface area contributed by atoms with Crippen LogP contribution >= 0.6 is 0 Å². The highest BCUT2D eigenvalue weighted by Crippen LogP contribution is 2.35. The van der Waals surface area contributed by atoms with E-state index in [1.165, 1.54) is 12.8 Å². The average molecular weight is 421 g/mol. The molecule has 0 radical (unpaired) electrons. The predicted octanol–water partition coefficient (Wildman–Crippen LogP) is 3.09. The molecule has 0 amide bonds. The number of rotatable bonds is 7. The Kier molecular flexibility index (Phi) is 5.61. The number of hydrogen-bond donors (Lipinski definition) is 0. The van der Waals surface area contributed by atoms with E-state index in [1.54, 1.807) is 10.4 Å². The molecule has 2 atom stereocenters. The number of fused-ring (bicyclic) bond motifs is 1. The fourth-order valence-electron chi connectivity index (χ4n) is 4.22. The molecule has 2 aliphatic rings. The number of ether oxygens (including phenoxy) is 1. The number of sulfonamides is 1. The molecule has 1 aliphatic heterocycles. The van der Waals surface area contributed by atoms with E-state index >= 15 is 0 Å².